The zero-order chi connectivity index (χ0) is 20.5. The van der Waals surface area contributed by atoms with Gasteiger partial charge in [-0.25, -0.2) is 0 Å². The van der Waals surface area contributed by atoms with Gasteiger partial charge in [-0.3, -0.25) is 14.6 Å². The number of carbonyl (C=O) groups is 2. The van der Waals surface area contributed by atoms with Gasteiger partial charge in [-0.1, -0.05) is 37.6 Å². The summed E-state index contributed by atoms with van der Waals surface area (Å²) < 4.78 is 0. The Hall–Kier alpha value is -2.66. The van der Waals surface area contributed by atoms with Gasteiger partial charge in [0.15, 0.2) is 0 Å². The lowest BCUT2D eigenvalue weighted by molar-refractivity contribution is -0.111. The summed E-state index contributed by atoms with van der Waals surface area (Å²) in [6.45, 7) is 5.18. The van der Waals surface area contributed by atoms with Crippen LogP contribution in [0.4, 0.5) is 5.69 Å². The third-order valence-corrected chi connectivity index (χ3v) is 5.53. The van der Waals surface area contributed by atoms with E-state index in [1.807, 2.05) is 47.4 Å². The number of amides is 2. The maximum atomic E-state index is 12.5. The van der Waals surface area contributed by atoms with Gasteiger partial charge >= 0.3 is 0 Å². The van der Waals surface area contributed by atoms with E-state index >= 15 is 0 Å². The average Bonchev–Trinajstić information content (AvgIpc) is 2.78. The molecule has 30 heavy (non-hydrogen) atoms. The Kier molecular flexibility index (Phi) is 9.55. The Bertz CT molecular complexity index is 833. The molecule has 2 amide bonds. The van der Waals surface area contributed by atoms with Gasteiger partial charge in [-0.15, -0.1) is 12.4 Å². The van der Waals surface area contributed by atoms with Crippen molar-refractivity contribution in [2.75, 3.05) is 18.4 Å². The summed E-state index contributed by atoms with van der Waals surface area (Å²) in [5.74, 6) is 0.614. The number of unbranched alkanes of at least 4 members (excludes halogenated alkanes) is 1. The lowest BCUT2D eigenvalue weighted by atomic mass is 9.91. The number of hydrogen-bond donors (Lipinski definition) is 1. The second-order valence-electron chi connectivity index (χ2n) is 7.54. The van der Waals surface area contributed by atoms with Crippen LogP contribution in [0.5, 0.6) is 0 Å². The highest BCUT2D eigenvalue weighted by molar-refractivity contribution is 5.99. The third kappa shape index (κ3) is 6.70. The van der Waals surface area contributed by atoms with E-state index in [2.05, 4.69) is 16.9 Å². The number of rotatable bonds is 8. The number of anilines is 1. The molecule has 3 rings (SSSR count). The predicted octanol–water partition coefficient (Wildman–Crippen LogP) is 4.89. The van der Waals surface area contributed by atoms with Crippen LogP contribution < -0.4 is 5.32 Å². The Balaban J connectivity index is 0.00000320. The minimum absolute atomic E-state index is 0. The second kappa shape index (κ2) is 12.1. The van der Waals surface area contributed by atoms with Crippen molar-refractivity contribution in [1.29, 1.82) is 0 Å². The molecule has 0 aliphatic carbocycles. The van der Waals surface area contributed by atoms with Crippen molar-refractivity contribution in [3.63, 3.8) is 0 Å². The lowest BCUT2D eigenvalue weighted by Crippen LogP contribution is -2.38. The molecule has 0 unspecified atom stereocenters. The van der Waals surface area contributed by atoms with Crippen LogP contribution >= 0.6 is 12.4 Å². The van der Waals surface area contributed by atoms with E-state index in [1.165, 1.54) is 12.5 Å². The normalized spacial score (nSPS) is 13.9. The molecular weight excluding hydrogens is 398 g/mol. The first-order valence-electron chi connectivity index (χ1n) is 10.4. The monoisotopic (exact) mass is 427 g/mol. The summed E-state index contributed by atoms with van der Waals surface area (Å²) in [5, 5.41) is 2.82. The van der Waals surface area contributed by atoms with Crippen molar-refractivity contribution < 1.29 is 9.59 Å². The van der Waals surface area contributed by atoms with Crippen LogP contribution in [0.3, 0.4) is 0 Å². The topological polar surface area (TPSA) is 62.3 Å². The SMILES string of the molecule is C=CC(=O)Nc1cccnc1CCCCC1CCN(C(=O)c2ccccc2)CC1.Cl. The summed E-state index contributed by atoms with van der Waals surface area (Å²) in [6, 6.07) is 13.2. The van der Waals surface area contributed by atoms with Gasteiger partial charge in [0.2, 0.25) is 5.91 Å². The summed E-state index contributed by atoms with van der Waals surface area (Å²) in [4.78, 5) is 30.5. The van der Waals surface area contributed by atoms with Crippen molar-refractivity contribution in [2.24, 2.45) is 5.92 Å². The highest BCUT2D eigenvalue weighted by Gasteiger charge is 2.23. The van der Waals surface area contributed by atoms with Crippen LogP contribution in [-0.2, 0) is 11.2 Å². The van der Waals surface area contributed by atoms with Gasteiger partial charge in [0.25, 0.3) is 5.91 Å². The molecular formula is C24H30ClN3O2. The quantitative estimate of drug-likeness (QED) is 0.481. The smallest absolute Gasteiger partial charge is 0.253 e. The van der Waals surface area contributed by atoms with Crippen molar-refractivity contribution in [3.8, 4) is 0 Å². The maximum absolute atomic E-state index is 12.5. The van der Waals surface area contributed by atoms with Crippen molar-refractivity contribution in [1.82, 2.24) is 9.88 Å². The molecule has 2 heterocycles. The van der Waals surface area contributed by atoms with Crippen molar-refractivity contribution >= 4 is 29.9 Å². The Morgan fingerprint density at radius 1 is 1.10 bits per heavy atom. The molecule has 1 aliphatic heterocycles. The molecule has 1 aliphatic rings. The number of benzene rings is 1. The molecule has 0 radical (unpaired) electrons. The van der Waals surface area contributed by atoms with E-state index in [0.717, 1.165) is 62.1 Å². The number of hydrogen-bond acceptors (Lipinski definition) is 3. The van der Waals surface area contributed by atoms with Crippen LogP contribution in [0.1, 0.15) is 48.2 Å². The Morgan fingerprint density at radius 2 is 1.83 bits per heavy atom. The molecule has 5 nitrogen and oxygen atoms in total. The van der Waals surface area contributed by atoms with Crippen LogP contribution in [0.15, 0.2) is 61.3 Å². The maximum Gasteiger partial charge on any atom is 0.253 e. The molecule has 1 N–H and O–H groups in total. The number of aromatic nitrogens is 1. The number of nitrogens with zero attached hydrogens (tertiary/aromatic N) is 2. The standard InChI is InChI=1S/C24H29N3O2.ClH/c1-2-23(28)26-22-13-8-16-25-21(22)12-7-6-9-19-14-17-27(18-15-19)24(29)20-10-4-3-5-11-20;/h2-5,8,10-11,13,16,19H,1,6-7,9,12,14-15,17-18H2,(H,26,28);1H. The molecule has 0 bridgehead atoms. The first-order chi connectivity index (χ1) is 14.2. The number of likely N-dealkylation sites (tertiary alicyclic amines) is 1. The van der Waals surface area contributed by atoms with E-state index < -0.39 is 0 Å². The van der Waals surface area contributed by atoms with Crippen LogP contribution in [-0.4, -0.2) is 34.8 Å². The van der Waals surface area contributed by atoms with E-state index in [4.69, 9.17) is 0 Å². The molecule has 2 aromatic rings. The van der Waals surface area contributed by atoms with Crippen molar-refractivity contribution in [3.05, 3.63) is 72.6 Å². The first-order valence-corrected chi connectivity index (χ1v) is 10.4. The molecule has 0 atom stereocenters. The molecule has 0 saturated carbocycles. The fourth-order valence-corrected chi connectivity index (χ4v) is 3.85. The van der Waals surface area contributed by atoms with Gasteiger partial charge < -0.3 is 10.2 Å². The predicted molar refractivity (Wildman–Crippen MR) is 123 cm³/mol. The molecule has 1 aromatic carbocycles. The molecule has 6 heteroatoms. The van der Waals surface area contributed by atoms with Crippen molar-refractivity contribution in [2.45, 2.75) is 38.5 Å². The van der Waals surface area contributed by atoms with Crippen LogP contribution in [0.2, 0.25) is 0 Å². The number of piperidine rings is 1. The fourth-order valence-electron chi connectivity index (χ4n) is 3.85. The average molecular weight is 428 g/mol. The van der Waals surface area contributed by atoms with Gasteiger partial charge in [0.1, 0.15) is 0 Å². The lowest BCUT2D eigenvalue weighted by Gasteiger charge is -2.32. The highest BCUT2D eigenvalue weighted by atomic mass is 35.5. The van der Waals surface area contributed by atoms with Gasteiger partial charge in [-0.05, 0) is 61.9 Å². The molecule has 160 valence electrons. The molecule has 1 saturated heterocycles. The zero-order valence-corrected chi connectivity index (χ0v) is 18.1. The van der Waals surface area contributed by atoms with Gasteiger partial charge in [-0.2, -0.15) is 0 Å². The summed E-state index contributed by atoms with van der Waals surface area (Å²) in [7, 11) is 0. The van der Waals surface area contributed by atoms with Gasteiger partial charge in [0, 0.05) is 24.8 Å². The Labute approximate surface area is 185 Å². The summed E-state index contributed by atoms with van der Waals surface area (Å²) in [6.07, 6.45) is 9.36. The van der Waals surface area contributed by atoms with E-state index in [1.54, 1.807) is 6.20 Å². The largest absolute Gasteiger partial charge is 0.339 e. The number of carbonyl (C=O) groups excluding carboxylic acids is 2. The number of nitrogens with one attached hydrogen (secondary N) is 1. The number of pyridine rings is 1. The summed E-state index contributed by atoms with van der Waals surface area (Å²) in [5.41, 5.74) is 2.47. The minimum Gasteiger partial charge on any atom is -0.339 e. The van der Waals surface area contributed by atoms with E-state index in [0.29, 0.717) is 5.92 Å². The van der Waals surface area contributed by atoms with Crippen LogP contribution in [0, 0.1) is 5.92 Å². The van der Waals surface area contributed by atoms with Crippen LogP contribution in [0.25, 0.3) is 0 Å². The van der Waals surface area contributed by atoms with Gasteiger partial charge in [0.05, 0.1) is 11.4 Å². The molecule has 1 aromatic heterocycles. The first kappa shape index (κ1) is 23.6. The van der Waals surface area contributed by atoms with E-state index in [-0.39, 0.29) is 24.2 Å². The second-order valence-corrected chi connectivity index (χ2v) is 7.54. The third-order valence-electron chi connectivity index (χ3n) is 5.53. The minimum atomic E-state index is -0.212. The Morgan fingerprint density at radius 3 is 2.53 bits per heavy atom. The number of halogens is 1. The summed E-state index contributed by atoms with van der Waals surface area (Å²) >= 11 is 0. The van der Waals surface area contributed by atoms with E-state index in [9.17, 15) is 9.59 Å². The zero-order valence-electron chi connectivity index (χ0n) is 17.3. The molecule has 0 spiro atoms. The number of aryl methyl sites for hydroxylation is 1. The fraction of sp³-hybridized carbons (Fsp3) is 0.375. The molecule has 1 fully saturated rings. The highest BCUT2D eigenvalue weighted by Crippen LogP contribution is 2.24.